The predicted molar refractivity (Wildman–Crippen MR) is 78.4 cm³/mol. The van der Waals surface area contributed by atoms with Gasteiger partial charge in [0.15, 0.2) is 5.82 Å². The molecule has 0 radical (unpaired) electrons. The fourth-order valence-corrected chi connectivity index (χ4v) is 2.12. The van der Waals surface area contributed by atoms with E-state index in [0.29, 0.717) is 17.4 Å². The lowest BCUT2D eigenvalue weighted by atomic mass is 9.99. The van der Waals surface area contributed by atoms with E-state index in [1.54, 1.807) is 27.9 Å². The van der Waals surface area contributed by atoms with E-state index in [2.05, 4.69) is 20.0 Å². The van der Waals surface area contributed by atoms with Crippen LogP contribution in [0.1, 0.15) is 45.5 Å². The number of carbonyl (C=O) groups is 2. The number of ether oxygens (including phenoxy) is 1. The van der Waals surface area contributed by atoms with Crippen LogP contribution in [-0.2, 0) is 9.53 Å². The minimum absolute atomic E-state index is 0.0123. The zero-order chi connectivity index (χ0) is 16.0. The average molecular weight is 316 g/mol. The second-order valence-corrected chi connectivity index (χ2v) is 5.94. The highest BCUT2D eigenvalue weighted by molar-refractivity contribution is 7.09. The maximum Gasteiger partial charge on any atom is 0.321 e. The number of aromatic nitrogens is 2. The molecule has 1 rings (SSSR count). The Morgan fingerprint density at radius 1 is 1.48 bits per heavy atom. The van der Waals surface area contributed by atoms with E-state index in [4.69, 9.17) is 9.84 Å². The van der Waals surface area contributed by atoms with Gasteiger partial charge in [0, 0.05) is 30.6 Å². The van der Waals surface area contributed by atoms with E-state index in [0.717, 1.165) is 11.5 Å². The first-order valence-corrected chi connectivity index (χ1v) is 7.18. The van der Waals surface area contributed by atoms with Crippen molar-refractivity contribution in [2.75, 3.05) is 12.4 Å². The van der Waals surface area contributed by atoms with Gasteiger partial charge in [0.05, 0.1) is 0 Å². The van der Waals surface area contributed by atoms with Gasteiger partial charge in [-0.2, -0.15) is 4.37 Å². The molecule has 0 aliphatic carbocycles. The number of aliphatic carboxylic acids is 1. The van der Waals surface area contributed by atoms with Crippen LogP contribution >= 0.6 is 11.5 Å². The summed E-state index contributed by atoms with van der Waals surface area (Å²) in [6, 6.07) is -0.446. The predicted octanol–water partition coefficient (Wildman–Crippen LogP) is 2.01. The van der Waals surface area contributed by atoms with Crippen molar-refractivity contribution >= 4 is 28.7 Å². The van der Waals surface area contributed by atoms with E-state index in [9.17, 15) is 9.59 Å². The molecular weight excluding hydrogens is 296 g/mol. The standard InChI is InChI=1S/C12H20N4O4S/c1-7(20-4)9-13-11(21-16-9)14-10(19)15-12(2,3)6-5-8(17)18/h7H,5-6H2,1-4H3,(H,17,18)(H2,13,14,15,16,19). The van der Waals surface area contributed by atoms with Gasteiger partial charge in [-0.15, -0.1) is 0 Å². The van der Waals surface area contributed by atoms with E-state index < -0.39 is 17.5 Å². The molecule has 3 N–H and O–H groups in total. The Bertz CT molecular complexity index is 503. The van der Waals surface area contributed by atoms with Crippen LogP contribution in [0.25, 0.3) is 0 Å². The first kappa shape index (κ1) is 17.3. The maximum absolute atomic E-state index is 11.9. The molecule has 0 aromatic carbocycles. The second kappa shape index (κ2) is 7.32. The van der Waals surface area contributed by atoms with Crippen molar-refractivity contribution in [3.8, 4) is 0 Å². The van der Waals surface area contributed by atoms with Crippen LogP contribution in [-0.4, -0.2) is 39.1 Å². The number of anilines is 1. The number of hydrogen-bond acceptors (Lipinski definition) is 6. The lowest BCUT2D eigenvalue weighted by molar-refractivity contribution is -0.137. The number of nitrogens with zero attached hydrogens (tertiary/aromatic N) is 2. The molecule has 0 aliphatic heterocycles. The lowest BCUT2D eigenvalue weighted by Gasteiger charge is -2.25. The fourth-order valence-electron chi connectivity index (χ4n) is 1.47. The van der Waals surface area contributed by atoms with Crippen molar-refractivity contribution < 1.29 is 19.4 Å². The Morgan fingerprint density at radius 2 is 2.14 bits per heavy atom. The van der Waals surface area contributed by atoms with Gasteiger partial charge in [0.1, 0.15) is 6.10 Å². The second-order valence-electron chi connectivity index (χ2n) is 5.19. The fraction of sp³-hybridized carbons (Fsp3) is 0.667. The quantitative estimate of drug-likeness (QED) is 0.709. The first-order valence-electron chi connectivity index (χ1n) is 6.41. The van der Waals surface area contributed by atoms with Crippen LogP contribution in [0.2, 0.25) is 0 Å². The van der Waals surface area contributed by atoms with Gasteiger partial charge in [0.25, 0.3) is 0 Å². The largest absolute Gasteiger partial charge is 0.481 e. The molecule has 2 amide bonds. The van der Waals surface area contributed by atoms with Crippen molar-refractivity contribution in [2.24, 2.45) is 0 Å². The van der Waals surface area contributed by atoms with Gasteiger partial charge in [-0.3, -0.25) is 10.1 Å². The third-order valence-corrected chi connectivity index (χ3v) is 3.44. The molecule has 0 bridgehead atoms. The molecule has 1 atom stereocenters. The molecule has 0 aliphatic rings. The van der Waals surface area contributed by atoms with Crippen molar-refractivity contribution in [1.29, 1.82) is 0 Å². The number of methoxy groups -OCH3 is 1. The van der Waals surface area contributed by atoms with Crippen LogP contribution in [0.4, 0.5) is 9.93 Å². The topological polar surface area (TPSA) is 113 Å². The highest BCUT2D eigenvalue weighted by atomic mass is 32.1. The number of carbonyl (C=O) groups excluding carboxylic acids is 1. The third-order valence-electron chi connectivity index (χ3n) is 2.80. The molecule has 1 aromatic heterocycles. The summed E-state index contributed by atoms with van der Waals surface area (Å²) in [5.41, 5.74) is -0.629. The number of carboxylic acids is 1. The average Bonchev–Trinajstić information content (AvgIpc) is 2.83. The van der Waals surface area contributed by atoms with Crippen LogP contribution < -0.4 is 10.6 Å². The lowest BCUT2D eigenvalue weighted by Crippen LogP contribution is -2.45. The number of rotatable bonds is 7. The molecule has 21 heavy (non-hydrogen) atoms. The van der Waals surface area contributed by atoms with Gasteiger partial charge in [-0.05, 0) is 27.2 Å². The Labute approximate surface area is 127 Å². The Kier molecular flexibility index (Phi) is 6.03. The van der Waals surface area contributed by atoms with E-state index in [-0.39, 0.29) is 12.5 Å². The summed E-state index contributed by atoms with van der Waals surface area (Å²) in [5, 5.41) is 14.3. The van der Waals surface area contributed by atoms with Crippen molar-refractivity contribution in [3.05, 3.63) is 5.82 Å². The molecule has 0 saturated carbocycles. The zero-order valence-electron chi connectivity index (χ0n) is 12.5. The molecule has 1 unspecified atom stereocenters. The number of hydrogen-bond donors (Lipinski definition) is 3. The summed E-state index contributed by atoms with van der Waals surface area (Å²) < 4.78 is 9.17. The van der Waals surface area contributed by atoms with Crippen molar-refractivity contribution in [3.63, 3.8) is 0 Å². The highest BCUT2D eigenvalue weighted by Crippen LogP contribution is 2.18. The van der Waals surface area contributed by atoms with Gasteiger partial charge >= 0.3 is 12.0 Å². The molecule has 8 nitrogen and oxygen atoms in total. The first-order chi connectivity index (χ1) is 9.73. The SMILES string of the molecule is COC(C)c1nsc(NC(=O)NC(C)(C)CCC(=O)O)n1. The molecule has 9 heteroatoms. The van der Waals surface area contributed by atoms with E-state index in [1.807, 2.05) is 0 Å². The maximum atomic E-state index is 11.9. The van der Waals surface area contributed by atoms with Crippen LogP contribution in [0.15, 0.2) is 0 Å². The van der Waals surface area contributed by atoms with Gasteiger partial charge in [-0.1, -0.05) is 0 Å². The number of amides is 2. The summed E-state index contributed by atoms with van der Waals surface area (Å²) in [4.78, 5) is 26.6. The highest BCUT2D eigenvalue weighted by Gasteiger charge is 2.22. The zero-order valence-corrected chi connectivity index (χ0v) is 13.3. The van der Waals surface area contributed by atoms with E-state index >= 15 is 0 Å². The van der Waals surface area contributed by atoms with Gasteiger partial charge in [-0.25, -0.2) is 9.78 Å². The number of nitrogens with one attached hydrogen (secondary N) is 2. The Morgan fingerprint density at radius 3 is 2.71 bits per heavy atom. The molecule has 1 heterocycles. The minimum atomic E-state index is -0.896. The Hall–Kier alpha value is -1.74. The van der Waals surface area contributed by atoms with Gasteiger partial charge < -0.3 is 15.2 Å². The van der Waals surface area contributed by atoms with Crippen LogP contribution in [0, 0.1) is 0 Å². The van der Waals surface area contributed by atoms with E-state index in [1.165, 1.54) is 0 Å². The third kappa shape index (κ3) is 6.05. The van der Waals surface area contributed by atoms with Crippen LogP contribution in [0.3, 0.4) is 0 Å². The Balaban J connectivity index is 2.53. The molecule has 118 valence electrons. The summed E-state index contributed by atoms with van der Waals surface area (Å²) >= 11 is 1.06. The number of carboxylic acid groups (broad SMARTS) is 1. The molecular formula is C12H20N4O4S. The van der Waals surface area contributed by atoms with Gasteiger partial charge in [0.2, 0.25) is 5.13 Å². The smallest absolute Gasteiger partial charge is 0.321 e. The summed E-state index contributed by atoms with van der Waals surface area (Å²) in [6.45, 7) is 5.32. The monoisotopic (exact) mass is 316 g/mol. The normalized spacial score (nSPS) is 12.8. The molecule has 0 saturated heterocycles. The molecule has 0 fully saturated rings. The summed E-state index contributed by atoms with van der Waals surface area (Å²) in [5.74, 6) is -0.393. The minimum Gasteiger partial charge on any atom is -0.481 e. The van der Waals surface area contributed by atoms with Crippen LogP contribution in [0.5, 0.6) is 0 Å². The van der Waals surface area contributed by atoms with Crippen molar-refractivity contribution in [1.82, 2.24) is 14.7 Å². The number of urea groups is 1. The van der Waals surface area contributed by atoms with Crippen molar-refractivity contribution in [2.45, 2.75) is 45.3 Å². The summed E-state index contributed by atoms with van der Waals surface area (Å²) in [6.07, 6.45) is 0.0752. The summed E-state index contributed by atoms with van der Waals surface area (Å²) in [7, 11) is 1.55. The molecule has 1 aromatic rings. The molecule has 0 spiro atoms.